The molecule has 1 aromatic rings. The number of rotatable bonds is 3. The predicted molar refractivity (Wildman–Crippen MR) is 74.8 cm³/mol. The minimum Gasteiger partial charge on any atom is -0.378 e. The molecule has 1 atom stereocenters. The molecule has 0 aliphatic carbocycles. The normalized spacial score (nSPS) is 21.3. The van der Waals surface area contributed by atoms with Crippen molar-refractivity contribution in [2.75, 3.05) is 26.3 Å². The summed E-state index contributed by atoms with van der Waals surface area (Å²) in [7, 11) is 0. The zero-order chi connectivity index (χ0) is 14.0. The highest BCUT2D eigenvalue weighted by molar-refractivity contribution is 6.30. The number of halogens is 2. The van der Waals surface area contributed by atoms with E-state index in [1.807, 2.05) is 0 Å². The van der Waals surface area contributed by atoms with Crippen molar-refractivity contribution < 1.29 is 9.13 Å². The molecule has 106 valence electrons. The van der Waals surface area contributed by atoms with Gasteiger partial charge in [0.1, 0.15) is 5.82 Å². The first-order chi connectivity index (χ1) is 8.94. The van der Waals surface area contributed by atoms with E-state index in [1.165, 1.54) is 12.1 Å². The van der Waals surface area contributed by atoms with Crippen LogP contribution in [0.25, 0.3) is 0 Å². The molecule has 2 N–H and O–H groups in total. The number of morpholine rings is 1. The van der Waals surface area contributed by atoms with Crippen LogP contribution in [0.3, 0.4) is 0 Å². The Morgan fingerprint density at radius 3 is 2.79 bits per heavy atom. The lowest BCUT2D eigenvalue weighted by molar-refractivity contribution is -0.0713. The molecular formula is C14H20ClFN2O. The molecule has 0 bridgehead atoms. The van der Waals surface area contributed by atoms with Gasteiger partial charge in [0.15, 0.2) is 0 Å². The highest BCUT2D eigenvalue weighted by Crippen LogP contribution is 2.31. The van der Waals surface area contributed by atoms with Gasteiger partial charge < -0.3 is 10.5 Å². The minimum absolute atomic E-state index is 0.0490. The third-order valence-electron chi connectivity index (χ3n) is 3.58. The monoisotopic (exact) mass is 286 g/mol. The van der Waals surface area contributed by atoms with Gasteiger partial charge in [0.25, 0.3) is 0 Å². The van der Waals surface area contributed by atoms with Gasteiger partial charge in [-0.2, -0.15) is 0 Å². The maximum Gasteiger partial charge on any atom is 0.125 e. The van der Waals surface area contributed by atoms with Crippen LogP contribution in [0.4, 0.5) is 4.39 Å². The Bertz CT molecular complexity index is 433. The lowest BCUT2D eigenvalue weighted by Crippen LogP contribution is -2.55. The van der Waals surface area contributed by atoms with E-state index >= 15 is 0 Å². The van der Waals surface area contributed by atoms with Gasteiger partial charge >= 0.3 is 0 Å². The van der Waals surface area contributed by atoms with Crippen molar-refractivity contribution in [2.24, 2.45) is 5.73 Å². The first-order valence-corrected chi connectivity index (χ1v) is 6.82. The predicted octanol–water partition coefficient (Wildman–Crippen LogP) is 2.59. The minimum atomic E-state index is -0.327. The van der Waals surface area contributed by atoms with Crippen LogP contribution in [0.1, 0.15) is 25.5 Å². The second-order valence-corrected chi connectivity index (χ2v) is 5.95. The molecule has 19 heavy (non-hydrogen) atoms. The maximum atomic E-state index is 13.5. The fraction of sp³-hybridized carbons (Fsp3) is 0.571. The molecule has 1 fully saturated rings. The van der Waals surface area contributed by atoms with E-state index in [9.17, 15) is 4.39 Å². The van der Waals surface area contributed by atoms with Gasteiger partial charge in [-0.15, -0.1) is 0 Å². The summed E-state index contributed by atoms with van der Waals surface area (Å²) in [5.41, 5.74) is 6.61. The fourth-order valence-electron chi connectivity index (χ4n) is 2.66. The molecular weight excluding hydrogens is 267 g/mol. The Labute approximate surface area is 118 Å². The van der Waals surface area contributed by atoms with Crippen LogP contribution in [-0.4, -0.2) is 36.7 Å². The number of benzene rings is 1. The van der Waals surface area contributed by atoms with Crippen molar-refractivity contribution in [3.05, 3.63) is 34.6 Å². The molecule has 1 heterocycles. The molecule has 1 unspecified atom stereocenters. The smallest absolute Gasteiger partial charge is 0.125 e. The number of ether oxygens (including phenoxy) is 1. The molecule has 1 aliphatic rings. The zero-order valence-corrected chi connectivity index (χ0v) is 12.1. The van der Waals surface area contributed by atoms with Crippen LogP contribution in [0.15, 0.2) is 18.2 Å². The molecule has 5 heteroatoms. The maximum absolute atomic E-state index is 13.5. The molecule has 3 nitrogen and oxygen atoms in total. The summed E-state index contributed by atoms with van der Waals surface area (Å²) in [6.07, 6.45) is 0. The van der Waals surface area contributed by atoms with Crippen molar-refractivity contribution in [1.82, 2.24) is 4.90 Å². The Balaban J connectivity index is 2.33. The van der Waals surface area contributed by atoms with Crippen LogP contribution in [0.2, 0.25) is 5.02 Å². The van der Waals surface area contributed by atoms with E-state index in [0.717, 1.165) is 12.1 Å². The molecule has 0 spiro atoms. The number of hydrogen-bond acceptors (Lipinski definition) is 3. The van der Waals surface area contributed by atoms with Crippen molar-refractivity contribution >= 4 is 11.6 Å². The summed E-state index contributed by atoms with van der Waals surface area (Å²) >= 11 is 5.94. The zero-order valence-electron chi connectivity index (χ0n) is 11.3. The average Bonchev–Trinajstić information content (AvgIpc) is 2.30. The van der Waals surface area contributed by atoms with Crippen LogP contribution in [0.5, 0.6) is 0 Å². The van der Waals surface area contributed by atoms with Crippen LogP contribution < -0.4 is 5.73 Å². The second-order valence-electron chi connectivity index (χ2n) is 5.51. The summed E-state index contributed by atoms with van der Waals surface area (Å²) in [6, 6.07) is 4.55. The van der Waals surface area contributed by atoms with Crippen molar-refractivity contribution in [2.45, 2.75) is 25.4 Å². The van der Waals surface area contributed by atoms with Gasteiger partial charge in [-0.25, -0.2) is 4.39 Å². The topological polar surface area (TPSA) is 38.5 Å². The molecule has 1 aliphatic heterocycles. The Morgan fingerprint density at radius 1 is 1.47 bits per heavy atom. The van der Waals surface area contributed by atoms with Gasteiger partial charge in [0.2, 0.25) is 0 Å². The van der Waals surface area contributed by atoms with E-state index in [4.69, 9.17) is 22.1 Å². The highest BCUT2D eigenvalue weighted by atomic mass is 35.5. The van der Waals surface area contributed by atoms with Crippen molar-refractivity contribution in [3.63, 3.8) is 0 Å². The van der Waals surface area contributed by atoms with Crippen LogP contribution >= 0.6 is 11.6 Å². The molecule has 0 radical (unpaired) electrons. The molecule has 1 aromatic carbocycles. The van der Waals surface area contributed by atoms with Gasteiger partial charge in [-0.3, -0.25) is 4.90 Å². The summed E-state index contributed by atoms with van der Waals surface area (Å²) in [5, 5.41) is 0.402. The van der Waals surface area contributed by atoms with E-state index in [2.05, 4.69) is 18.7 Å². The van der Waals surface area contributed by atoms with Gasteiger partial charge in [-0.1, -0.05) is 11.6 Å². The summed E-state index contributed by atoms with van der Waals surface area (Å²) < 4.78 is 19.0. The number of hydrogen-bond donors (Lipinski definition) is 1. The first kappa shape index (κ1) is 14.7. The molecule has 0 amide bonds. The van der Waals surface area contributed by atoms with Crippen LogP contribution in [-0.2, 0) is 4.74 Å². The molecule has 1 saturated heterocycles. The molecule has 2 rings (SSSR count). The van der Waals surface area contributed by atoms with Crippen LogP contribution in [0, 0.1) is 5.82 Å². The summed E-state index contributed by atoms with van der Waals surface area (Å²) in [4.78, 5) is 2.27. The average molecular weight is 287 g/mol. The largest absolute Gasteiger partial charge is 0.378 e. The first-order valence-electron chi connectivity index (χ1n) is 6.44. The number of nitrogens with two attached hydrogens (primary N) is 1. The third-order valence-corrected chi connectivity index (χ3v) is 3.80. The summed E-state index contributed by atoms with van der Waals surface area (Å²) in [5.74, 6) is -0.327. The van der Waals surface area contributed by atoms with E-state index in [-0.39, 0.29) is 17.4 Å². The number of nitrogens with zero attached hydrogens (tertiary/aromatic N) is 1. The van der Waals surface area contributed by atoms with Gasteiger partial charge in [0.05, 0.1) is 13.2 Å². The summed E-state index contributed by atoms with van der Waals surface area (Å²) in [6.45, 7) is 6.73. The van der Waals surface area contributed by atoms with E-state index < -0.39 is 0 Å². The Hall–Kier alpha value is -0.680. The van der Waals surface area contributed by atoms with E-state index in [0.29, 0.717) is 24.8 Å². The quantitative estimate of drug-likeness (QED) is 0.928. The Kier molecular flexibility index (Phi) is 4.46. The third kappa shape index (κ3) is 3.26. The van der Waals surface area contributed by atoms with E-state index in [1.54, 1.807) is 6.07 Å². The van der Waals surface area contributed by atoms with Gasteiger partial charge in [0, 0.05) is 29.7 Å². The van der Waals surface area contributed by atoms with Gasteiger partial charge in [-0.05, 0) is 37.6 Å². The van der Waals surface area contributed by atoms with Crippen molar-refractivity contribution in [3.8, 4) is 0 Å². The standard InChI is InChI=1S/C14H20ClFN2O/c1-14(2)9-19-4-3-18(14)13(8-17)10-5-11(15)7-12(16)6-10/h5-7,13H,3-4,8-9,17H2,1-2H3. The lowest BCUT2D eigenvalue weighted by Gasteiger charge is -2.46. The fourth-order valence-corrected chi connectivity index (χ4v) is 2.89. The Morgan fingerprint density at radius 2 is 2.21 bits per heavy atom. The lowest BCUT2D eigenvalue weighted by atomic mass is 9.95. The SMILES string of the molecule is CC1(C)COCCN1C(CN)c1cc(F)cc(Cl)c1. The molecule has 0 saturated carbocycles. The highest BCUT2D eigenvalue weighted by Gasteiger charge is 2.35. The second kappa shape index (κ2) is 5.75. The van der Waals surface area contributed by atoms with Crippen molar-refractivity contribution in [1.29, 1.82) is 0 Å². The molecule has 0 aromatic heterocycles.